The van der Waals surface area contributed by atoms with Gasteiger partial charge in [-0.15, -0.1) is 0 Å². The van der Waals surface area contributed by atoms with E-state index in [0.717, 1.165) is 12.8 Å². The van der Waals surface area contributed by atoms with Crippen molar-refractivity contribution >= 4 is 0 Å². The van der Waals surface area contributed by atoms with Crippen molar-refractivity contribution in [1.82, 2.24) is 0 Å². The van der Waals surface area contributed by atoms with Gasteiger partial charge in [-0.05, 0) is 32.6 Å². The van der Waals surface area contributed by atoms with E-state index in [2.05, 4.69) is 31.7 Å². The van der Waals surface area contributed by atoms with E-state index in [4.69, 9.17) is 0 Å². The van der Waals surface area contributed by atoms with Gasteiger partial charge in [-0.2, -0.15) is 0 Å². The Balaban J connectivity index is 2.56. The topological polar surface area (TPSA) is 0 Å². The standard InChI is InChI=1S/C11H16/c1-10-6-3-4-7-11(2)9-5-8-10/h3,6,9H,1,4-5,7-8H2,2H3. The minimum atomic E-state index is 1.12. The SMILES string of the molecule is C=C1C=CCCC(C)=CCC1. The van der Waals surface area contributed by atoms with E-state index in [0.29, 0.717) is 0 Å². The summed E-state index contributed by atoms with van der Waals surface area (Å²) >= 11 is 0. The minimum absolute atomic E-state index is 1.12. The Morgan fingerprint density at radius 2 is 2.09 bits per heavy atom. The minimum Gasteiger partial charge on any atom is -0.0958 e. The molecule has 0 aromatic carbocycles. The highest BCUT2D eigenvalue weighted by molar-refractivity contribution is 5.17. The first-order valence-corrected chi connectivity index (χ1v) is 4.29. The Hall–Kier alpha value is -0.780. The maximum Gasteiger partial charge on any atom is -0.0250 e. The number of hydrogen-bond donors (Lipinski definition) is 0. The summed E-state index contributed by atoms with van der Waals surface area (Å²) in [6.07, 6.45) is 11.4. The molecule has 0 N–H and O–H groups in total. The third-order valence-corrected chi connectivity index (χ3v) is 2.02. The average molecular weight is 148 g/mol. The van der Waals surface area contributed by atoms with Crippen molar-refractivity contribution in [2.75, 3.05) is 0 Å². The van der Waals surface area contributed by atoms with Crippen molar-refractivity contribution in [2.24, 2.45) is 0 Å². The second-order valence-electron chi connectivity index (χ2n) is 3.19. The largest absolute Gasteiger partial charge is 0.0958 e. The zero-order valence-electron chi connectivity index (χ0n) is 7.27. The summed E-state index contributed by atoms with van der Waals surface area (Å²) in [5.41, 5.74) is 2.78. The Labute approximate surface area is 69.3 Å². The second kappa shape index (κ2) is 4.17. The van der Waals surface area contributed by atoms with Gasteiger partial charge in [0.1, 0.15) is 0 Å². The molecule has 0 amide bonds. The summed E-state index contributed by atoms with van der Waals surface area (Å²) in [6, 6.07) is 0. The number of allylic oxidation sites excluding steroid dienone is 5. The van der Waals surface area contributed by atoms with Gasteiger partial charge in [-0.3, -0.25) is 0 Å². The monoisotopic (exact) mass is 148 g/mol. The van der Waals surface area contributed by atoms with Gasteiger partial charge >= 0.3 is 0 Å². The van der Waals surface area contributed by atoms with Crippen LogP contribution < -0.4 is 0 Å². The quantitative estimate of drug-likeness (QED) is 0.460. The van der Waals surface area contributed by atoms with E-state index >= 15 is 0 Å². The highest BCUT2D eigenvalue weighted by Gasteiger charge is 1.93. The fourth-order valence-electron chi connectivity index (χ4n) is 1.25. The van der Waals surface area contributed by atoms with E-state index in [9.17, 15) is 0 Å². The second-order valence-corrected chi connectivity index (χ2v) is 3.19. The normalized spacial score (nSPS) is 20.1. The lowest BCUT2D eigenvalue weighted by Gasteiger charge is -1.95. The molecule has 0 nitrogen and oxygen atoms in total. The molecule has 1 aliphatic rings. The van der Waals surface area contributed by atoms with Crippen LogP contribution in [0.4, 0.5) is 0 Å². The molecule has 0 heteroatoms. The molecule has 0 fully saturated rings. The van der Waals surface area contributed by atoms with Crippen molar-refractivity contribution < 1.29 is 0 Å². The van der Waals surface area contributed by atoms with E-state index < -0.39 is 0 Å². The first kappa shape index (κ1) is 8.32. The molecular formula is C11H16. The summed E-state index contributed by atoms with van der Waals surface area (Å²) < 4.78 is 0. The first-order chi connectivity index (χ1) is 5.29. The van der Waals surface area contributed by atoms with E-state index in [1.54, 1.807) is 0 Å². The van der Waals surface area contributed by atoms with Crippen LogP contribution in [0.15, 0.2) is 36.0 Å². The molecule has 0 bridgehead atoms. The first-order valence-electron chi connectivity index (χ1n) is 4.29. The molecule has 0 atom stereocenters. The highest BCUT2D eigenvalue weighted by atomic mass is 14.0. The van der Waals surface area contributed by atoms with Crippen molar-refractivity contribution in [3.05, 3.63) is 36.0 Å². The van der Waals surface area contributed by atoms with Crippen LogP contribution >= 0.6 is 0 Å². The molecule has 0 heterocycles. The molecule has 0 aliphatic heterocycles. The van der Waals surface area contributed by atoms with Crippen LogP contribution in [-0.2, 0) is 0 Å². The Bertz CT molecular complexity index is 194. The van der Waals surface area contributed by atoms with Gasteiger partial charge in [0.05, 0.1) is 0 Å². The van der Waals surface area contributed by atoms with Gasteiger partial charge < -0.3 is 0 Å². The van der Waals surface area contributed by atoms with Crippen LogP contribution in [0.25, 0.3) is 0 Å². The average Bonchev–Trinajstić information content (AvgIpc) is 2.04. The van der Waals surface area contributed by atoms with Crippen molar-refractivity contribution in [3.63, 3.8) is 0 Å². The van der Waals surface area contributed by atoms with E-state index in [1.165, 1.54) is 24.0 Å². The zero-order valence-corrected chi connectivity index (χ0v) is 7.27. The molecule has 0 radical (unpaired) electrons. The van der Waals surface area contributed by atoms with Crippen LogP contribution in [0.1, 0.15) is 32.6 Å². The molecule has 0 aromatic heterocycles. The summed E-state index contributed by atoms with van der Waals surface area (Å²) in [5.74, 6) is 0. The summed E-state index contributed by atoms with van der Waals surface area (Å²) in [7, 11) is 0. The number of hydrogen-bond acceptors (Lipinski definition) is 0. The Morgan fingerprint density at radius 3 is 2.91 bits per heavy atom. The molecule has 0 spiro atoms. The van der Waals surface area contributed by atoms with Gasteiger partial charge in [0, 0.05) is 0 Å². The van der Waals surface area contributed by atoms with E-state index in [1.807, 2.05) is 0 Å². The van der Waals surface area contributed by atoms with Crippen molar-refractivity contribution in [1.29, 1.82) is 0 Å². The summed E-state index contributed by atoms with van der Waals surface area (Å²) in [5, 5.41) is 0. The predicted molar refractivity (Wildman–Crippen MR) is 50.5 cm³/mol. The van der Waals surface area contributed by atoms with Gasteiger partial charge in [-0.1, -0.05) is 36.0 Å². The van der Waals surface area contributed by atoms with Gasteiger partial charge in [0.2, 0.25) is 0 Å². The third-order valence-electron chi connectivity index (χ3n) is 2.02. The Kier molecular flexibility index (Phi) is 3.15. The van der Waals surface area contributed by atoms with Gasteiger partial charge in [0.25, 0.3) is 0 Å². The Morgan fingerprint density at radius 1 is 1.27 bits per heavy atom. The molecule has 0 unspecified atom stereocenters. The molecule has 60 valence electrons. The lowest BCUT2D eigenvalue weighted by Crippen LogP contribution is -1.75. The molecular weight excluding hydrogens is 132 g/mol. The molecule has 1 aliphatic carbocycles. The fraction of sp³-hybridized carbons (Fsp3) is 0.455. The lowest BCUT2D eigenvalue weighted by molar-refractivity contribution is 0.952. The maximum atomic E-state index is 3.97. The molecule has 0 saturated carbocycles. The van der Waals surface area contributed by atoms with Crippen LogP contribution in [0.5, 0.6) is 0 Å². The zero-order chi connectivity index (χ0) is 8.10. The third kappa shape index (κ3) is 3.22. The number of rotatable bonds is 0. The smallest absolute Gasteiger partial charge is 0.0250 e. The summed E-state index contributed by atoms with van der Waals surface area (Å²) in [4.78, 5) is 0. The molecule has 11 heavy (non-hydrogen) atoms. The maximum absolute atomic E-state index is 3.97. The van der Waals surface area contributed by atoms with Crippen LogP contribution in [0.2, 0.25) is 0 Å². The van der Waals surface area contributed by atoms with Crippen LogP contribution in [0.3, 0.4) is 0 Å². The van der Waals surface area contributed by atoms with Crippen molar-refractivity contribution in [3.8, 4) is 0 Å². The van der Waals surface area contributed by atoms with E-state index in [-0.39, 0.29) is 0 Å². The lowest BCUT2D eigenvalue weighted by atomic mass is 10.1. The molecule has 0 aromatic rings. The fourth-order valence-corrected chi connectivity index (χ4v) is 1.25. The van der Waals surface area contributed by atoms with Crippen molar-refractivity contribution in [2.45, 2.75) is 32.6 Å². The van der Waals surface area contributed by atoms with Gasteiger partial charge in [0.15, 0.2) is 0 Å². The highest BCUT2D eigenvalue weighted by Crippen LogP contribution is 2.13. The predicted octanol–water partition coefficient (Wildman–Crippen LogP) is 3.62. The van der Waals surface area contributed by atoms with Gasteiger partial charge in [-0.25, -0.2) is 0 Å². The van der Waals surface area contributed by atoms with Crippen LogP contribution in [-0.4, -0.2) is 0 Å². The molecule has 1 rings (SSSR count). The molecule has 0 saturated heterocycles. The summed E-state index contributed by atoms with van der Waals surface area (Å²) in [6.45, 7) is 6.18. The van der Waals surface area contributed by atoms with Crippen LogP contribution in [0, 0.1) is 0 Å².